The highest BCUT2D eigenvalue weighted by molar-refractivity contribution is 5.92. The molecule has 0 saturated heterocycles. The van der Waals surface area contributed by atoms with E-state index in [2.05, 4.69) is 26.0 Å². The van der Waals surface area contributed by atoms with Gasteiger partial charge in [-0.15, -0.1) is 0 Å². The molecule has 0 aromatic carbocycles. The van der Waals surface area contributed by atoms with Crippen LogP contribution in [0.4, 0.5) is 0 Å². The lowest BCUT2D eigenvalue weighted by Gasteiger charge is -2.55. The van der Waals surface area contributed by atoms with Crippen molar-refractivity contribution in [1.82, 2.24) is 0 Å². The summed E-state index contributed by atoms with van der Waals surface area (Å²) in [6, 6.07) is 0. The average molecular weight is 312 g/mol. The number of allylic oxidation sites excluding steroid dienone is 4. The lowest BCUT2D eigenvalue weighted by atomic mass is 9.48. The third-order valence-electron chi connectivity index (χ3n) is 8.01. The number of Topliss-reactive ketones (excluding diaryl/α,β-unsaturated/α-hetero) is 1. The topological polar surface area (TPSA) is 34.1 Å². The van der Waals surface area contributed by atoms with Gasteiger partial charge in [-0.2, -0.15) is 0 Å². The van der Waals surface area contributed by atoms with Crippen LogP contribution >= 0.6 is 0 Å². The Morgan fingerprint density at radius 3 is 2.65 bits per heavy atom. The van der Waals surface area contributed by atoms with E-state index in [4.69, 9.17) is 0 Å². The molecule has 2 saturated carbocycles. The predicted molar refractivity (Wildman–Crippen MR) is 90.8 cm³/mol. The first-order chi connectivity index (χ1) is 10.9. The minimum atomic E-state index is 0.170. The fraction of sp³-hybridized carbons (Fsp3) is 0.714. The average Bonchev–Trinajstić information content (AvgIpc) is 2.85. The molecule has 0 N–H and O–H groups in total. The number of hydrogen-bond acceptors (Lipinski definition) is 2. The molecule has 23 heavy (non-hydrogen) atoms. The van der Waals surface area contributed by atoms with Crippen molar-refractivity contribution in [2.45, 2.75) is 59.3 Å². The first-order valence-electron chi connectivity index (χ1n) is 9.30. The lowest BCUT2D eigenvalue weighted by Crippen LogP contribution is -2.49. The maximum atomic E-state index is 12.1. The molecule has 0 spiro atoms. The summed E-state index contributed by atoms with van der Waals surface area (Å²) >= 11 is 0. The van der Waals surface area contributed by atoms with E-state index in [1.165, 1.54) is 24.8 Å². The Morgan fingerprint density at radius 2 is 1.91 bits per heavy atom. The van der Waals surface area contributed by atoms with Gasteiger partial charge in [0.15, 0.2) is 5.78 Å². The van der Waals surface area contributed by atoms with Crippen molar-refractivity contribution >= 4 is 11.6 Å². The Hall–Kier alpha value is -1.18. The van der Waals surface area contributed by atoms with Crippen molar-refractivity contribution in [3.63, 3.8) is 0 Å². The van der Waals surface area contributed by atoms with Crippen molar-refractivity contribution in [3.05, 3.63) is 23.8 Å². The Kier molecular flexibility index (Phi) is 3.28. The van der Waals surface area contributed by atoms with Crippen LogP contribution in [0.15, 0.2) is 23.8 Å². The van der Waals surface area contributed by atoms with Crippen LogP contribution in [0.3, 0.4) is 0 Å². The molecule has 2 fully saturated rings. The fourth-order valence-electron chi connectivity index (χ4n) is 6.66. The molecule has 2 heteroatoms. The summed E-state index contributed by atoms with van der Waals surface area (Å²) in [5.41, 5.74) is 1.63. The van der Waals surface area contributed by atoms with Gasteiger partial charge < -0.3 is 0 Å². The normalized spacial score (nSPS) is 48.3. The summed E-state index contributed by atoms with van der Waals surface area (Å²) < 4.78 is 0. The van der Waals surface area contributed by atoms with Crippen LogP contribution in [-0.4, -0.2) is 11.6 Å². The molecule has 0 heterocycles. The van der Waals surface area contributed by atoms with E-state index >= 15 is 0 Å². The van der Waals surface area contributed by atoms with Crippen LogP contribution < -0.4 is 0 Å². The summed E-state index contributed by atoms with van der Waals surface area (Å²) in [4.78, 5) is 24.0. The van der Waals surface area contributed by atoms with E-state index in [0.717, 1.165) is 12.8 Å². The van der Waals surface area contributed by atoms with E-state index in [9.17, 15) is 9.59 Å². The highest BCUT2D eigenvalue weighted by atomic mass is 16.1. The molecule has 0 aliphatic heterocycles. The predicted octanol–water partition coefficient (Wildman–Crippen LogP) is 4.50. The second kappa shape index (κ2) is 4.91. The number of rotatable bonds is 1. The van der Waals surface area contributed by atoms with Crippen LogP contribution in [0.1, 0.15) is 59.3 Å². The molecule has 0 radical (unpaired) electrons. The van der Waals surface area contributed by atoms with Crippen molar-refractivity contribution < 1.29 is 9.59 Å². The number of ketones is 2. The number of hydrogen-bond donors (Lipinski definition) is 0. The first-order valence-corrected chi connectivity index (χ1v) is 9.30. The number of fused-ring (bicyclic) bond motifs is 5. The molecule has 0 aromatic heterocycles. The second-order valence-electron chi connectivity index (χ2n) is 8.92. The maximum Gasteiger partial charge on any atom is 0.156 e. The SMILES string of the molecule is CC(=O)[C@@H]1CC[C@H]2[C@@H]3C=CC4=CC(=O)CC[C@]4(C)[C@H]3CC[C@]12C. The smallest absolute Gasteiger partial charge is 0.156 e. The maximum absolute atomic E-state index is 12.1. The zero-order valence-electron chi connectivity index (χ0n) is 14.6. The molecule has 0 amide bonds. The Bertz CT molecular complexity index is 628. The van der Waals surface area contributed by atoms with E-state index in [1.54, 1.807) is 6.92 Å². The van der Waals surface area contributed by atoms with Gasteiger partial charge in [-0.05, 0) is 79.3 Å². The second-order valence-corrected chi connectivity index (χ2v) is 8.92. The quantitative estimate of drug-likeness (QED) is 0.714. The number of carbonyl (C=O) groups is 2. The molecule has 4 rings (SSSR count). The van der Waals surface area contributed by atoms with Crippen molar-refractivity contribution in [3.8, 4) is 0 Å². The van der Waals surface area contributed by atoms with Crippen LogP contribution in [0.5, 0.6) is 0 Å². The zero-order valence-corrected chi connectivity index (χ0v) is 14.6. The van der Waals surface area contributed by atoms with E-state index in [0.29, 0.717) is 35.7 Å². The fourth-order valence-corrected chi connectivity index (χ4v) is 6.66. The van der Waals surface area contributed by atoms with Gasteiger partial charge in [-0.3, -0.25) is 9.59 Å². The molecule has 4 aliphatic carbocycles. The highest BCUT2D eigenvalue weighted by Gasteiger charge is 2.58. The van der Waals surface area contributed by atoms with Gasteiger partial charge in [0.1, 0.15) is 5.78 Å². The minimum Gasteiger partial charge on any atom is -0.300 e. The molecule has 4 aliphatic rings. The molecule has 0 unspecified atom stereocenters. The zero-order chi connectivity index (χ0) is 16.4. The van der Waals surface area contributed by atoms with Crippen LogP contribution in [0.2, 0.25) is 0 Å². The summed E-state index contributed by atoms with van der Waals surface area (Å²) in [6.07, 6.45) is 12.9. The van der Waals surface area contributed by atoms with Gasteiger partial charge in [-0.25, -0.2) is 0 Å². The molecule has 2 nitrogen and oxygen atoms in total. The van der Waals surface area contributed by atoms with E-state index < -0.39 is 0 Å². The van der Waals surface area contributed by atoms with E-state index in [-0.39, 0.29) is 16.7 Å². The summed E-state index contributed by atoms with van der Waals surface area (Å²) in [5, 5.41) is 0. The van der Waals surface area contributed by atoms with Crippen molar-refractivity contribution in [1.29, 1.82) is 0 Å². The molecule has 124 valence electrons. The highest BCUT2D eigenvalue weighted by Crippen LogP contribution is 2.65. The summed E-state index contributed by atoms with van der Waals surface area (Å²) in [6.45, 7) is 6.54. The first kappa shape index (κ1) is 15.4. The third kappa shape index (κ3) is 1.99. The third-order valence-corrected chi connectivity index (χ3v) is 8.01. The van der Waals surface area contributed by atoms with Crippen LogP contribution in [0, 0.1) is 34.5 Å². The largest absolute Gasteiger partial charge is 0.300 e. The Morgan fingerprint density at radius 1 is 1.13 bits per heavy atom. The van der Waals surface area contributed by atoms with Gasteiger partial charge in [0.25, 0.3) is 0 Å². The molecular formula is C21H28O2. The van der Waals surface area contributed by atoms with Crippen molar-refractivity contribution in [2.75, 3.05) is 0 Å². The Balaban J connectivity index is 1.72. The molecule has 0 bridgehead atoms. The van der Waals surface area contributed by atoms with Crippen LogP contribution in [0.25, 0.3) is 0 Å². The standard InChI is InChI=1S/C21H28O2/c1-13(22)17-6-7-18-16-5-4-14-12-15(23)8-10-20(14,2)19(16)9-11-21(17,18)3/h4-5,12,16-19H,6-11H2,1-3H3/t16-,17-,18-,19-,20-,21+/m0/s1. The minimum absolute atomic E-state index is 0.170. The molecule has 6 atom stereocenters. The monoisotopic (exact) mass is 312 g/mol. The van der Waals surface area contributed by atoms with Gasteiger partial charge in [0, 0.05) is 12.3 Å². The van der Waals surface area contributed by atoms with Gasteiger partial charge in [0.05, 0.1) is 0 Å². The van der Waals surface area contributed by atoms with Gasteiger partial charge >= 0.3 is 0 Å². The summed E-state index contributed by atoms with van der Waals surface area (Å²) in [7, 11) is 0. The molecule has 0 aromatic rings. The van der Waals surface area contributed by atoms with Crippen molar-refractivity contribution in [2.24, 2.45) is 34.5 Å². The van der Waals surface area contributed by atoms with Gasteiger partial charge in [0.2, 0.25) is 0 Å². The van der Waals surface area contributed by atoms with Crippen LogP contribution in [-0.2, 0) is 9.59 Å². The van der Waals surface area contributed by atoms with Gasteiger partial charge in [-0.1, -0.05) is 26.0 Å². The Labute approximate surface area is 139 Å². The van der Waals surface area contributed by atoms with E-state index in [1.807, 2.05) is 6.08 Å². The molecular weight excluding hydrogens is 284 g/mol. The number of carbonyl (C=O) groups excluding carboxylic acids is 2. The lowest BCUT2D eigenvalue weighted by molar-refractivity contribution is -0.127. The summed E-state index contributed by atoms with van der Waals surface area (Å²) in [5.74, 6) is 2.83.